The number of hydrogen-bond donors (Lipinski definition) is 2. The number of nitrogens with one attached hydrogen (secondary N) is 1. The van der Waals surface area contributed by atoms with Crippen LogP contribution < -0.4 is 10.1 Å². The summed E-state index contributed by atoms with van der Waals surface area (Å²) in [5, 5.41) is 13.8. The fourth-order valence-electron chi connectivity index (χ4n) is 3.60. The molecule has 0 aliphatic carbocycles. The third-order valence-electron chi connectivity index (χ3n) is 5.08. The van der Waals surface area contributed by atoms with E-state index in [1.807, 2.05) is 32.0 Å². The molecule has 1 atom stereocenters. The van der Waals surface area contributed by atoms with E-state index in [0.29, 0.717) is 19.8 Å². The van der Waals surface area contributed by atoms with Crippen molar-refractivity contribution >= 4 is 0 Å². The van der Waals surface area contributed by atoms with E-state index in [4.69, 9.17) is 9.47 Å². The van der Waals surface area contributed by atoms with Crippen LogP contribution in [0.1, 0.15) is 30.5 Å². The van der Waals surface area contributed by atoms with Crippen molar-refractivity contribution in [2.45, 2.75) is 45.6 Å². The highest BCUT2D eigenvalue weighted by Crippen LogP contribution is 2.19. The fourth-order valence-corrected chi connectivity index (χ4v) is 3.60. The number of aliphatic hydroxyl groups excluding tert-OH is 1. The lowest BCUT2D eigenvalue weighted by molar-refractivity contribution is 0.0637. The van der Waals surface area contributed by atoms with Crippen molar-refractivity contribution in [3.05, 3.63) is 65.2 Å². The van der Waals surface area contributed by atoms with E-state index >= 15 is 0 Å². The van der Waals surface area contributed by atoms with Crippen molar-refractivity contribution in [3.63, 3.8) is 0 Å². The fraction of sp³-hybridized carbons (Fsp3) is 0.500. The number of rotatable bonds is 11. The first-order chi connectivity index (χ1) is 14.1. The molecular weight excluding hydrogens is 364 g/mol. The normalized spacial score (nSPS) is 15.3. The zero-order valence-corrected chi connectivity index (χ0v) is 17.6. The summed E-state index contributed by atoms with van der Waals surface area (Å²) in [5.74, 6) is 0.797. The minimum absolute atomic E-state index is 0.264. The molecule has 0 fully saturated rings. The van der Waals surface area contributed by atoms with Crippen LogP contribution in [0.25, 0.3) is 0 Å². The summed E-state index contributed by atoms with van der Waals surface area (Å²) >= 11 is 0. The van der Waals surface area contributed by atoms with Crippen LogP contribution >= 0.6 is 0 Å². The average Bonchev–Trinajstić information content (AvgIpc) is 2.72. The van der Waals surface area contributed by atoms with Gasteiger partial charge in [-0.2, -0.15) is 0 Å². The van der Waals surface area contributed by atoms with Crippen molar-refractivity contribution in [1.82, 2.24) is 10.2 Å². The minimum Gasteiger partial charge on any atom is -0.491 e. The Morgan fingerprint density at radius 2 is 1.93 bits per heavy atom. The Morgan fingerprint density at radius 3 is 2.76 bits per heavy atom. The number of hydrogen-bond acceptors (Lipinski definition) is 5. The Bertz CT molecular complexity index is 750. The molecule has 0 radical (unpaired) electrons. The van der Waals surface area contributed by atoms with Gasteiger partial charge in [-0.3, -0.25) is 4.90 Å². The molecule has 1 aliphatic heterocycles. The van der Waals surface area contributed by atoms with Crippen LogP contribution in [0.4, 0.5) is 0 Å². The molecule has 0 unspecified atom stereocenters. The van der Waals surface area contributed by atoms with E-state index in [1.54, 1.807) is 0 Å². The Morgan fingerprint density at radius 1 is 1.10 bits per heavy atom. The third kappa shape index (κ3) is 7.44. The van der Waals surface area contributed by atoms with E-state index in [9.17, 15) is 5.11 Å². The van der Waals surface area contributed by atoms with Gasteiger partial charge in [0.1, 0.15) is 18.5 Å². The molecule has 0 spiro atoms. The van der Waals surface area contributed by atoms with Crippen molar-refractivity contribution in [2.75, 3.05) is 32.8 Å². The van der Waals surface area contributed by atoms with Crippen LogP contribution in [0, 0.1) is 0 Å². The van der Waals surface area contributed by atoms with Crippen molar-refractivity contribution in [2.24, 2.45) is 0 Å². The van der Waals surface area contributed by atoms with Crippen LogP contribution in [-0.4, -0.2) is 55.1 Å². The van der Waals surface area contributed by atoms with Gasteiger partial charge in [0.05, 0.1) is 12.7 Å². The predicted octanol–water partition coefficient (Wildman–Crippen LogP) is 3.00. The van der Waals surface area contributed by atoms with Gasteiger partial charge in [0, 0.05) is 32.7 Å². The van der Waals surface area contributed by atoms with Gasteiger partial charge in [0.2, 0.25) is 0 Å². The number of ether oxygens (including phenoxy) is 2. The number of fused-ring (bicyclic) bond motifs is 1. The van der Waals surface area contributed by atoms with Crippen LogP contribution in [0.15, 0.2) is 48.5 Å². The van der Waals surface area contributed by atoms with Gasteiger partial charge in [0.15, 0.2) is 0 Å². The molecule has 0 amide bonds. The van der Waals surface area contributed by atoms with Gasteiger partial charge in [-0.15, -0.1) is 0 Å². The van der Waals surface area contributed by atoms with Gasteiger partial charge in [-0.05, 0) is 49.1 Å². The van der Waals surface area contributed by atoms with Gasteiger partial charge in [-0.1, -0.05) is 36.4 Å². The molecule has 2 N–H and O–H groups in total. The second-order valence-electron chi connectivity index (χ2n) is 7.96. The molecule has 0 saturated heterocycles. The number of nitrogens with zero attached hydrogens (tertiary/aromatic N) is 1. The monoisotopic (exact) mass is 398 g/mol. The lowest BCUT2D eigenvalue weighted by Gasteiger charge is -2.30. The molecule has 5 nitrogen and oxygen atoms in total. The Hall–Kier alpha value is -1.92. The van der Waals surface area contributed by atoms with Gasteiger partial charge in [-0.25, -0.2) is 0 Å². The van der Waals surface area contributed by atoms with E-state index in [1.165, 1.54) is 11.1 Å². The minimum atomic E-state index is -0.504. The van der Waals surface area contributed by atoms with Gasteiger partial charge in [0.25, 0.3) is 0 Å². The van der Waals surface area contributed by atoms with E-state index in [2.05, 4.69) is 40.5 Å². The summed E-state index contributed by atoms with van der Waals surface area (Å²) in [4.78, 5) is 2.30. The van der Waals surface area contributed by atoms with Crippen molar-refractivity contribution in [3.8, 4) is 5.75 Å². The first-order valence-corrected chi connectivity index (χ1v) is 10.6. The molecule has 29 heavy (non-hydrogen) atoms. The maximum Gasteiger partial charge on any atom is 0.119 e. The van der Waals surface area contributed by atoms with Crippen LogP contribution in [0.5, 0.6) is 5.75 Å². The topological polar surface area (TPSA) is 54.0 Å². The Labute approximate surface area is 174 Å². The molecule has 3 rings (SSSR count). The Balaban J connectivity index is 1.38. The zero-order valence-electron chi connectivity index (χ0n) is 17.6. The summed E-state index contributed by atoms with van der Waals surface area (Å²) in [7, 11) is 0. The lowest BCUT2D eigenvalue weighted by Crippen LogP contribution is -2.38. The van der Waals surface area contributed by atoms with Crippen LogP contribution in [-0.2, 0) is 24.2 Å². The molecule has 1 heterocycles. The molecule has 158 valence electrons. The summed E-state index contributed by atoms with van der Waals surface area (Å²) in [5.41, 5.74) is 3.95. The van der Waals surface area contributed by atoms with E-state index in [-0.39, 0.29) is 6.10 Å². The quantitative estimate of drug-likeness (QED) is 0.570. The summed E-state index contributed by atoms with van der Waals surface area (Å²) in [6, 6.07) is 16.6. The highest BCUT2D eigenvalue weighted by molar-refractivity contribution is 5.29. The molecule has 2 aromatic carbocycles. The third-order valence-corrected chi connectivity index (χ3v) is 5.08. The van der Waals surface area contributed by atoms with Gasteiger partial charge < -0.3 is 19.9 Å². The number of aliphatic hydroxyl groups is 1. The largest absolute Gasteiger partial charge is 0.491 e. The summed E-state index contributed by atoms with van der Waals surface area (Å²) in [6.45, 7) is 9.20. The molecule has 1 aliphatic rings. The predicted molar refractivity (Wildman–Crippen MR) is 116 cm³/mol. The summed E-state index contributed by atoms with van der Waals surface area (Å²) < 4.78 is 11.4. The summed E-state index contributed by atoms with van der Waals surface area (Å²) in [6.07, 6.45) is 0.802. The van der Waals surface area contributed by atoms with E-state index in [0.717, 1.165) is 43.9 Å². The maximum atomic E-state index is 10.4. The second kappa shape index (κ2) is 11.3. The van der Waals surface area contributed by atoms with Crippen molar-refractivity contribution in [1.29, 1.82) is 0 Å². The zero-order chi connectivity index (χ0) is 20.5. The molecule has 0 aromatic heterocycles. The maximum absolute atomic E-state index is 10.4. The van der Waals surface area contributed by atoms with Crippen molar-refractivity contribution < 1.29 is 14.6 Å². The van der Waals surface area contributed by atoms with Crippen LogP contribution in [0.3, 0.4) is 0 Å². The van der Waals surface area contributed by atoms with Crippen LogP contribution in [0.2, 0.25) is 0 Å². The van der Waals surface area contributed by atoms with E-state index < -0.39 is 6.10 Å². The SMILES string of the molecule is CC(C)OCCNCc1cccc(OC[C@@H](O)CN2CCc3ccccc3C2)c1. The molecule has 5 heteroatoms. The molecule has 0 saturated carbocycles. The average molecular weight is 399 g/mol. The first kappa shape index (κ1) is 21.8. The highest BCUT2D eigenvalue weighted by Gasteiger charge is 2.18. The smallest absolute Gasteiger partial charge is 0.119 e. The Kier molecular flexibility index (Phi) is 8.50. The second-order valence-corrected chi connectivity index (χ2v) is 7.96. The highest BCUT2D eigenvalue weighted by atomic mass is 16.5. The van der Waals surface area contributed by atoms with Gasteiger partial charge >= 0.3 is 0 Å². The molecule has 2 aromatic rings. The number of β-amino-alcohol motifs (C(OH)–C–C–N with tert-alkyl or cyclic N) is 1. The first-order valence-electron chi connectivity index (χ1n) is 10.6. The lowest BCUT2D eigenvalue weighted by atomic mass is 10.00. The molecule has 0 bridgehead atoms. The number of benzene rings is 2. The standard InChI is InChI=1S/C24H34N2O3/c1-19(2)28-13-11-25-15-20-6-5-9-24(14-20)29-18-23(27)17-26-12-10-21-7-3-4-8-22(21)16-26/h3-9,14,19,23,25,27H,10-13,15-18H2,1-2H3/t23-/m0/s1. The molecular formula is C24H34N2O3.